The Morgan fingerprint density at radius 2 is 1.73 bits per heavy atom. The van der Waals surface area contributed by atoms with Crippen LogP contribution in [-0.2, 0) is 6.18 Å². The van der Waals surface area contributed by atoms with Crippen LogP contribution in [0, 0.1) is 0 Å². The highest BCUT2D eigenvalue weighted by Gasteiger charge is 2.31. The molecule has 0 aromatic heterocycles. The lowest BCUT2D eigenvalue weighted by atomic mass is 9.92. The van der Waals surface area contributed by atoms with E-state index in [-0.39, 0.29) is 6.04 Å². The fourth-order valence-corrected chi connectivity index (χ4v) is 4.60. The fourth-order valence-electron chi connectivity index (χ4n) is 4.60. The largest absolute Gasteiger partial charge is 0.416 e. The summed E-state index contributed by atoms with van der Waals surface area (Å²) in [6, 6.07) is 14.1. The maximum atomic E-state index is 13.0. The van der Waals surface area contributed by atoms with Gasteiger partial charge in [-0.3, -0.25) is 4.90 Å². The Balaban J connectivity index is 1.66. The Labute approximate surface area is 176 Å². The van der Waals surface area contributed by atoms with E-state index in [1.807, 2.05) is 19.2 Å². The number of rotatable bonds is 3. The van der Waals surface area contributed by atoms with Gasteiger partial charge in [-0.2, -0.15) is 13.2 Å². The number of likely N-dealkylation sites (tertiary alicyclic amines) is 1. The number of nitrogens with zero attached hydrogens (tertiary/aromatic N) is 2. The summed E-state index contributed by atoms with van der Waals surface area (Å²) in [4.78, 5) is 4.53. The SMILES string of the molecule is CN1CCCC(NC2=CCN(C)C(c3ccc(C(F)(F)F)cc3)c3ccccc32)C1. The maximum Gasteiger partial charge on any atom is 0.416 e. The van der Waals surface area contributed by atoms with Gasteiger partial charge < -0.3 is 10.2 Å². The van der Waals surface area contributed by atoms with Crippen LogP contribution in [0.4, 0.5) is 13.2 Å². The third kappa shape index (κ3) is 4.40. The predicted molar refractivity (Wildman–Crippen MR) is 114 cm³/mol. The second kappa shape index (κ2) is 8.44. The summed E-state index contributed by atoms with van der Waals surface area (Å²) >= 11 is 0. The van der Waals surface area contributed by atoms with Crippen LogP contribution in [0.1, 0.15) is 41.1 Å². The van der Waals surface area contributed by atoms with Crippen molar-refractivity contribution in [3.63, 3.8) is 0 Å². The Bertz CT molecular complexity index is 905. The van der Waals surface area contributed by atoms with Gasteiger partial charge in [0.25, 0.3) is 0 Å². The molecule has 2 aliphatic rings. The van der Waals surface area contributed by atoms with Crippen LogP contribution in [0.3, 0.4) is 0 Å². The zero-order valence-electron chi connectivity index (χ0n) is 17.4. The van der Waals surface area contributed by atoms with E-state index in [0.29, 0.717) is 12.6 Å². The number of nitrogens with one attached hydrogen (secondary N) is 1. The van der Waals surface area contributed by atoms with E-state index >= 15 is 0 Å². The maximum absolute atomic E-state index is 13.0. The second-order valence-electron chi connectivity index (χ2n) is 8.41. The van der Waals surface area contributed by atoms with Gasteiger partial charge in [0, 0.05) is 30.4 Å². The highest BCUT2D eigenvalue weighted by atomic mass is 19.4. The van der Waals surface area contributed by atoms with Gasteiger partial charge in [-0.1, -0.05) is 36.4 Å². The first-order valence-corrected chi connectivity index (χ1v) is 10.4. The first-order chi connectivity index (χ1) is 14.3. The first-order valence-electron chi connectivity index (χ1n) is 10.4. The highest BCUT2D eigenvalue weighted by Crippen LogP contribution is 2.37. The Kier molecular flexibility index (Phi) is 5.89. The summed E-state index contributed by atoms with van der Waals surface area (Å²) in [7, 11) is 4.17. The van der Waals surface area contributed by atoms with Gasteiger partial charge >= 0.3 is 6.18 Å². The summed E-state index contributed by atoms with van der Waals surface area (Å²) in [6.07, 6.45) is 0.203. The van der Waals surface area contributed by atoms with E-state index in [9.17, 15) is 13.2 Å². The molecule has 1 saturated heterocycles. The van der Waals surface area contributed by atoms with Gasteiger partial charge in [0.15, 0.2) is 0 Å². The summed E-state index contributed by atoms with van der Waals surface area (Å²) in [5.41, 5.74) is 3.61. The van der Waals surface area contributed by atoms with E-state index in [0.717, 1.165) is 41.9 Å². The van der Waals surface area contributed by atoms with Crippen molar-refractivity contribution in [2.24, 2.45) is 0 Å². The van der Waals surface area contributed by atoms with Gasteiger partial charge in [0.1, 0.15) is 0 Å². The minimum absolute atomic E-state index is 0.104. The zero-order valence-corrected chi connectivity index (χ0v) is 17.4. The molecule has 4 rings (SSSR count). The number of likely N-dealkylation sites (N-methyl/N-ethyl adjacent to an activating group) is 2. The molecule has 1 N–H and O–H groups in total. The lowest BCUT2D eigenvalue weighted by molar-refractivity contribution is -0.137. The fraction of sp³-hybridized carbons (Fsp3) is 0.417. The minimum Gasteiger partial charge on any atom is -0.381 e. The van der Waals surface area contributed by atoms with Gasteiger partial charge in [0.2, 0.25) is 0 Å². The molecule has 2 aromatic rings. The molecular formula is C24H28F3N3. The number of hydrogen-bond acceptors (Lipinski definition) is 3. The Morgan fingerprint density at radius 1 is 1.00 bits per heavy atom. The minimum atomic E-state index is -4.32. The molecule has 0 spiro atoms. The standard InChI is InChI=1S/C24H28F3N3/c1-29-14-5-6-19(16-29)28-22-13-15-30(2)23(21-8-4-3-7-20(21)22)17-9-11-18(12-10-17)24(25,26)27/h3-4,7-13,19,23,28H,5-6,14-16H2,1-2H3. The predicted octanol–water partition coefficient (Wildman–Crippen LogP) is 4.76. The molecule has 3 nitrogen and oxygen atoms in total. The average molecular weight is 416 g/mol. The molecule has 0 saturated carbocycles. The van der Waals surface area contributed by atoms with Gasteiger partial charge in [-0.05, 0) is 62.8 Å². The van der Waals surface area contributed by atoms with Crippen molar-refractivity contribution < 1.29 is 13.2 Å². The number of benzene rings is 2. The van der Waals surface area contributed by atoms with Crippen molar-refractivity contribution in [1.82, 2.24) is 15.1 Å². The van der Waals surface area contributed by atoms with E-state index in [2.05, 4.69) is 40.4 Å². The van der Waals surface area contributed by atoms with Crippen LogP contribution in [0.15, 0.2) is 54.6 Å². The summed E-state index contributed by atoms with van der Waals surface area (Å²) < 4.78 is 39.0. The topological polar surface area (TPSA) is 18.5 Å². The lowest BCUT2D eigenvalue weighted by Crippen LogP contribution is -2.43. The molecule has 6 heteroatoms. The molecule has 2 aromatic carbocycles. The molecule has 30 heavy (non-hydrogen) atoms. The summed E-state index contributed by atoms with van der Waals surface area (Å²) in [6.45, 7) is 2.86. The molecule has 2 unspecified atom stereocenters. The van der Waals surface area contributed by atoms with Crippen LogP contribution in [0.2, 0.25) is 0 Å². The molecule has 0 bridgehead atoms. The van der Waals surface area contributed by atoms with Crippen LogP contribution in [0.5, 0.6) is 0 Å². The third-order valence-corrected chi connectivity index (χ3v) is 6.11. The van der Waals surface area contributed by atoms with Crippen molar-refractivity contribution in [1.29, 1.82) is 0 Å². The number of alkyl halides is 3. The monoisotopic (exact) mass is 415 g/mol. The number of piperidine rings is 1. The Hall–Kier alpha value is -2.31. The molecule has 160 valence electrons. The number of hydrogen-bond donors (Lipinski definition) is 1. The number of halogens is 3. The van der Waals surface area contributed by atoms with Crippen molar-refractivity contribution in [3.05, 3.63) is 76.9 Å². The summed E-state index contributed by atoms with van der Waals surface area (Å²) in [5.74, 6) is 0. The molecular weight excluding hydrogens is 387 g/mol. The van der Waals surface area contributed by atoms with Crippen LogP contribution in [0.25, 0.3) is 5.70 Å². The van der Waals surface area contributed by atoms with E-state index in [1.54, 1.807) is 12.1 Å². The molecule has 2 atom stereocenters. The molecule has 2 heterocycles. The van der Waals surface area contributed by atoms with Gasteiger partial charge in [-0.15, -0.1) is 0 Å². The Morgan fingerprint density at radius 3 is 2.43 bits per heavy atom. The zero-order chi connectivity index (χ0) is 21.3. The van der Waals surface area contributed by atoms with Gasteiger partial charge in [0.05, 0.1) is 11.6 Å². The van der Waals surface area contributed by atoms with Crippen molar-refractivity contribution >= 4 is 5.70 Å². The van der Waals surface area contributed by atoms with Crippen molar-refractivity contribution in [2.45, 2.75) is 31.1 Å². The molecule has 2 aliphatic heterocycles. The normalized spacial score (nSPS) is 23.4. The van der Waals surface area contributed by atoms with Crippen molar-refractivity contribution in [2.75, 3.05) is 33.7 Å². The molecule has 0 aliphatic carbocycles. The van der Waals surface area contributed by atoms with Crippen LogP contribution < -0.4 is 5.32 Å². The second-order valence-corrected chi connectivity index (χ2v) is 8.41. The smallest absolute Gasteiger partial charge is 0.381 e. The van der Waals surface area contributed by atoms with E-state index in [1.165, 1.54) is 18.6 Å². The van der Waals surface area contributed by atoms with Crippen LogP contribution in [-0.4, -0.2) is 49.6 Å². The molecule has 1 fully saturated rings. The van der Waals surface area contributed by atoms with Crippen molar-refractivity contribution in [3.8, 4) is 0 Å². The lowest BCUT2D eigenvalue weighted by Gasteiger charge is -2.32. The average Bonchev–Trinajstić information content (AvgIpc) is 2.84. The third-order valence-electron chi connectivity index (χ3n) is 6.11. The molecule has 0 amide bonds. The van der Waals surface area contributed by atoms with E-state index < -0.39 is 11.7 Å². The highest BCUT2D eigenvalue weighted by molar-refractivity contribution is 5.69. The first kappa shape index (κ1) is 20.9. The van der Waals surface area contributed by atoms with E-state index in [4.69, 9.17) is 0 Å². The van der Waals surface area contributed by atoms with Crippen LogP contribution >= 0.6 is 0 Å². The number of fused-ring (bicyclic) bond motifs is 1. The molecule has 0 radical (unpaired) electrons. The summed E-state index contributed by atoms with van der Waals surface area (Å²) in [5, 5.41) is 3.75. The van der Waals surface area contributed by atoms with Gasteiger partial charge in [-0.25, -0.2) is 0 Å². The quantitative estimate of drug-likeness (QED) is 0.780.